The Morgan fingerprint density at radius 3 is 2.36 bits per heavy atom. The molecule has 0 spiro atoms. The first-order valence-corrected chi connectivity index (χ1v) is 6.74. The highest BCUT2D eigenvalue weighted by Gasteiger charge is 2.15. The number of hydrogen-bond acceptors (Lipinski definition) is 6. The number of halogens is 2. The first-order chi connectivity index (χ1) is 10.4. The van der Waals surface area contributed by atoms with E-state index < -0.39 is 25.0 Å². The zero-order valence-electron chi connectivity index (χ0n) is 11.6. The summed E-state index contributed by atoms with van der Waals surface area (Å²) in [5, 5.41) is 9.22. The molecule has 0 heterocycles. The quantitative estimate of drug-likeness (QED) is 0.483. The van der Waals surface area contributed by atoms with E-state index in [1.54, 1.807) is 24.3 Å². The van der Waals surface area contributed by atoms with Crippen LogP contribution in [-0.2, 0) is 14.3 Å². The Balaban J connectivity index is 2.54. The predicted octanol–water partition coefficient (Wildman–Crippen LogP) is 2.24. The molecule has 0 aliphatic carbocycles. The number of esters is 1. The molecule has 0 fully saturated rings. The van der Waals surface area contributed by atoms with Crippen LogP contribution in [0.3, 0.4) is 0 Å². The molecule has 22 heavy (non-hydrogen) atoms. The molecular weight excluding hydrogens is 331 g/mol. The van der Waals surface area contributed by atoms with Crippen molar-refractivity contribution >= 4 is 35.0 Å². The summed E-state index contributed by atoms with van der Waals surface area (Å²) < 4.78 is 9.84. The summed E-state index contributed by atoms with van der Waals surface area (Å²) in [6.45, 7) is 0.320. The molecular formula is C14H12Cl2N2O4. The van der Waals surface area contributed by atoms with Crippen LogP contribution in [0.25, 0.3) is 0 Å². The zero-order valence-corrected chi connectivity index (χ0v) is 13.1. The van der Waals surface area contributed by atoms with Gasteiger partial charge in [0.1, 0.15) is 11.6 Å². The number of nitriles is 1. The summed E-state index contributed by atoms with van der Waals surface area (Å²) in [5.41, 5.74) is 5.17. The Bertz CT molecular complexity index is 641. The topological polar surface area (TPSA) is 102 Å². The molecule has 0 aliphatic rings. The number of ketones is 1. The molecule has 1 aromatic rings. The van der Waals surface area contributed by atoms with Crippen molar-refractivity contribution in [2.75, 3.05) is 13.2 Å². The fourth-order valence-corrected chi connectivity index (χ4v) is 1.89. The highest BCUT2D eigenvalue weighted by Crippen LogP contribution is 2.32. The van der Waals surface area contributed by atoms with Gasteiger partial charge in [0.05, 0.1) is 10.0 Å². The van der Waals surface area contributed by atoms with Crippen molar-refractivity contribution in [3.05, 3.63) is 39.5 Å². The molecule has 0 aliphatic heterocycles. The number of para-hydroxylation sites is 1. The van der Waals surface area contributed by atoms with Crippen molar-refractivity contribution in [3.8, 4) is 11.8 Å². The third-order valence-corrected chi connectivity index (χ3v) is 3.00. The van der Waals surface area contributed by atoms with Gasteiger partial charge in [-0.05, 0) is 19.1 Å². The third-order valence-electron chi connectivity index (χ3n) is 2.40. The van der Waals surface area contributed by atoms with Crippen LogP contribution in [0.5, 0.6) is 5.75 Å². The number of rotatable bonds is 6. The van der Waals surface area contributed by atoms with Crippen LogP contribution in [0.2, 0.25) is 10.0 Å². The number of carbonyl (C=O) groups is 2. The molecule has 0 aromatic heterocycles. The first-order valence-electron chi connectivity index (χ1n) is 5.99. The van der Waals surface area contributed by atoms with Gasteiger partial charge in [-0.1, -0.05) is 29.3 Å². The van der Waals surface area contributed by atoms with E-state index >= 15 is 0 Å². The molecule has 116 valence electrons. The van der Waals surface area contributed by atoms with Gasteiger partial charge in [0, 0.05) is 5.70 Å². The number of nitrogens with zero attached hydrogens (tertiary/aromatic N) is 1. The van der Waals surface area contributed by atoms with Gasteiger partial charge in [-0.3, -0.25) is 4.79 Å². The van der Waals surface area contributed by atoms with Crippen LogP contribution in [0.15, 0.2) is 29.5 Å². The summed E-state index contributed by atoms with van der Waals surface area (Å²) in [7, 11) is 0. The van der Waals surface area contributed by atoms with Gasteiger partial charge in [0.25, 0.3) is 0 Å². The van der Waals surface area contributed by atoms with E-state index in [9.17, 15) is 9.59 Å². The van der Waals surface area contributed by atoms with E-state index in [1.165, 1.54) is 6.92 Å². The largest absolute Gasteiger partial charge is 0.479 e. The van der Waals surface area contributed by atoms with E-state index in [2.05, 4.69) is 0 Å². The lowest BCUT2D eigenvalue weighted by molar-refractivity contribution is -0.149. The molecule has 0 saturated heterocycles. The second kappa shape index (κ2) is 8.27. The van der Waals surface area contributed by atoms with Crippen LogP contribution in [0.4, 0.5) is 0 Å². The third kappa shape index (κ3) is 4.95. The SMILES string of the molecule is C/C(N)=C(\C#N)C(=O)COC(=O)COc1c(Cl)cccc1Cl. The fourth-order valence-electron chi connectivity index (χ4n) is 1.38. The maximum absolute atomic E-state index is 11.6. The standard InChI is InChI=1S/C14H12Cl2N2O4/c1-8(18)9(5-17)12(19)6-21-13(20)7-22-14-10(15)3-2-4-11(14)16/h2-4H,6-7,18H2,1H3/b9-8-. The van der Waals surface area contributed by atoms with Gasteiger partial charge in [-0.2, -0.15) is 5.26 Å². The number of Topliss-reactive ketones (excluding diaryl/α,β-unsaturated/α-hetero) is 1. The molecule has 1 aromatic carbocycles. The van der Waals surface area contributed by atoms with Gasteiger partial charge in [0.2, 0.25) is 5.78 Å². The van der Waals surface area contributed by atoms with E-state index in [0.29, 0.717) is 0 Å². The number of nitrogens with two attached hydrogens (primary N) is 1. The maximum Gasteiger partial charge on any atom is 0.344 e. The smallest absolute Gasteiger partial charge is 0.344 e. The summed E-state index contributed by atoms with van der Waals surface area (Å²) >= 11 is 11.7. The van der Waals surface area contributed by atoms with Crippen molar-refractivity contribution < 1.29 is 19.1 Å². The van der Waals surface area contributed by atoms with Crippen molar-refractivity contribution in [3.63, 3.8) is 0 Å². The lowest BCUT2D eigenvalue weighted by atomic mass is 10.1. The molecule has 2 N–H and O–H groups in total. The van der Waals surface area contributed by atoms with Gasteiger partial charge in [-0.15, -0.1) is 0 Å². The summed E-state index contributed by atoms with van der Waals surface area (Å²) in [6.07, 6.45) is 0. The normalized spacial score (nSPS) is 11.2. The van der Waals surface area contributed by atoms with Crippen molar-refractivity contribution in [1.29, 1.82) is 5.26 Å². The highest BCUT2D eigenvalue weighted by atomic mass is 35.5. The maximum atomic E-state index is 11.6. The second-order valence-corrected chi connectivity index (χ2v) is 4.91. The molecule has 0 saturated carbocycles. The minimum absolute atomic E-state index is 0.0580. The van der Waals surface area contributed by atoms with Crippen LogP contribution >= 0.6 is 23.2 Å². The Kier molecular flexibility index (Phi) is 6.70. The molecule has 0 unspecified atom stereocenters. The summed E-state index contributed by atoms with van der Waals surface area (Å²) in [6, 6.07) is 6.36. The average molecular weight is 343 g/mol. The summed E-state index contributed by atoms with van der Waals surface area (Å²) in [4.78, 5) is 23.1. The summed E-state index contributed by atoms with van der Waals surface area (Å²) in [5.74, 6) is -1.35. The minimum atomic E-state index is -0.809. The zero-order chi connectivity index (χ0) is 16.7. The van der Waals surface area contributed by atoms with Gasteiger partial charge < -0.3 is 15.2 Å². The van der Waals surface area contributed by atoms with E-state index in [4.69, 9.17) is 43.7 Å². The van der Waals surface area contributed by atoms with E-state index in [-0.39, 0.29) is 27.1 Å². The number of ether oxygens (including phenoxy) is 2. The Morgan fingerprint density at radius 1 is 1.27 bits per heavy atom. The average Bonchev–Trinajstić information content (AvgIpc) is 2.45. The minimum Gasteiger partial charge on any atom is -0.479 e. The Morgan fingerprint density at radius 2 is 1.86 bits per heavy atom. The van der Waals surface area contributed by atoms with Crippen molar-refractivity contribution in [2.45, 2.75) is 6.92 Å². The molecule has 0 radical (unpaired) electrons. The monoisotopic (exact) mass is 342 g/mol. The lowest BCUT2D eigenvalue weighted by Gasteiger charge is -2.09. The fraction of sp³-hybridized carbons (Fsp3) is 0.214. The molecule has 8 heteroatoms. The molecule has 1 rings (SSSR count). The van der Waals surface area contributed by atoms with Crippen LogP contribution in [-0.4, -0.2) is 25.0 Å². The number of carbonyl (C=O) groups excluding carboxylic acids is 2. The number of benzene rings is 1. The van der Waals surface area contributed by atoms with Crippen molar-refractivity contribution in [1.82, 2.24) is 0 Å². The van der Waals surface area contributed by atoms with E-state index in [1.807, 2.05) is 0 Å². The molecule has 0 bridgehead atoms. The Hall–Kier alpha value is -2.23. The van der Waals surface area contributed by atoms with Crippen LogP contribution < -0.4 is 10.5 Å². The van der Waals surface area contributed by atoms with Crippen LogP contribution in [0, 0.1) is 11.3 Å². The Labute approximate surface area is 137 Å². The van der Waals surface area contributed by atoms with Crippen LogP contribution in [0.1, 0.15) is 6.92 Å². The highest BCUT2D eigenvalue weighted by molar-refractivity contribution is 6.37. The van der Waals surface area contributed by atoms with Crippen molar-refractivity contribution in [2.24, 2.45) is 5.73 Å². The number of allylic oxidation sites excluding steroid dienone is 1. The molecule has 0 amide bonds. The first kappa shape index (κ1) is 17.8. The van der Waals surface area contributed by atoms with Gasteiger partial charge in [0.15, 0.2) is 19.0 Å². The van der Waals surface area contributed by atoms with Gasteiger partial charge >= 0.3 is 5.97 Å². The molecule has 0 atom stereocenters. The molecule has 6 nitrogen and oxygen atoms in total. The van der Waals surface area contributed by atoms with E-state index in [0.717, 1.165) is 0 Å². The predicted molar refractivity (Wildman–Crippen MR) is 80.4 cm³/mol. The second-order valence-electron chi connectivity index (χ2n) is 4.09. The lowest BCUT2D eigenvalue weighted by Crippen LogP contribution is -2.21. The van der Waals surface area contributed by atoms with Gasteiger partial charge in [-0.25, -0.2) is 4.79 Å². The number of hydrogen-bond donors (Lipinski definition) is 1.